The first-order chi connectivity index (χ1) is 6.13. The quantitative estimate of drug-likeness (QED) is 0.736. The molecule has 6 heteroatoms. The second-order valence-corrected chi connectivity index (χ2v) is 4.74. The first-order valence-corrected chi connectivity index (χ1v) is 5.41. The average molecular weight is 218 g/mol. The van der Waals surface area contributed by atoms with Crippen molar-refractivity contribution in [1.29, 1.82) is 0 Å². The standard InChI is InChI=1S/C7H10N2O2S2/c1-4-3-12-7(9-4)13-5(2-8)6(10)11/h3,5H,2,8H2,1H3,(H,10,11). The van der Waals surface area contributed by atoms with E-state index in [-0.39, 0.29) is 6.54 Å². The van der Waals surface area contributed by atoms with Gasteiger partial charge in [-0.05, 0) is 6.92 Å². The van der Waals surface area contributed by atoms with Gasteiger partial charge in [0.2, 0.25) is 0 Å². The molecular weight excluding hydrogens is 208 g/mol. The molecule has 1 heterocycles. The molecule has 0 radical (unpaired) electrons. The lowest BCUT2D eigenvalue weighted by molar-refractivity contribution is -0.136. The molecule has 0 fully saturated rings. The summed E-state index contributed by atoms with van der Waals surface area (Å²) in [5.41, 5.74) is 6.21. The van der Waals surface area contributed by atoms with Crippen LogP contribution in [0.1, 0.15) is 5.69 Å². The van der Waals surface area contributed by atoms with Crippen molar-refractivity contribution in [2.45, 2.75) is 16.5 Å². The number of aliphatic carboxylic acids is 1. The van der Waals surface area contributed by atoms with Gasteiger partial charge in [-0.15, -0.1) is 11.3 Å². The van der Waals surface area contributed by atoms with Crippen LogP contribution in [0.2, 0.25) is 0 Å². The minimum Gasteiger partial charge on any atom is -0.480 e. The van der Waals surface area contributed by atoms with Crippen molar-refractivity contribution in [3.63, 3.8) is 0 Å². The fourth-order valence-electron chi connectivity index (χ4n) is 0.708. The number of nitrogens with two attached hydrogens (primary N) is 1. The Morgan fingerprint density at radius 3 is 3.00 bits per heavy atom. The molecule has 0 bridgehead atoms. The number of carboxylic acids is 1. The molecule has 1 aromatic heterocycles. The molecule has 1 atom stereocenters. The Kier molecular flexibility index (Phi) is 3.71. The number of aryl methyl sites for hydroxylation is 1. The highest BCUT2D eigenvalue weighted by molar-refractivity contribution is 8.02. The van der Waals surface area contributed by atoms with Gasteiger partial charge < -0.3 is 10.8 Å². The Morgan fingerprint density at radius 2 is 2.62 bits per heavy atom. The number of nitrogens with zero attached hydrogens (tertiary/aromatic N) is 1. The maximum Gasteiger partial charge on any atom is 0.318 e. The summed E-state index contributed by atoms with van der Waals surface area (Å²) in [4.78, 5) is 14.8. The van der Waals surface area contributed by atoms with E-state index in [1.807, 2.05) is 12.3 Å². The van der Waals surface area contributed by atoms with Gasteiger partial charge in [0.05, 0.1) is 0 Å². The van der Waals surface area contributed by atoms with E-state index in [2.05, 4.69) is 4.98 Å². The molecule has 1 aromatic rings. The molecule has 13 heavy (non-hydrogen) atoms. The minimum absolute atomic E-state index is 0.124. The molecule has 0 spiro atoms. The Bertz CT molecular complexity index is 300. The van der Waals surface area contributed by atoms with Crippen LogP contribution in [0.3, 0.4) is 0 Å². The van der Waals surface area contributed by atoms with Crippen molar-refractivity contribution < 1.29 is 9.90 Å². The summed E-state index contributed by atoms with van der Waals surface area (Å²) in [6, 6.07) is 0. The van der Waals surface area contributed by atoms with Crippen LogP contribution in [-0.4, -0.2) is 27.9 Å². The summed E-state index contributed by atoms with van der Waals surface area (Å²) in [6.07, 6.45) is 0. The number of hydrogen-bond acceptors (Lipinski definition) is 5. The fraction of sp³-hybridized carbons (Fsp3) is 0.429. The number of rotatable bonds is 4. The molecule has 0 aliphatic carbocycles. The van der Waals surface area contributed by atoms with Gasteiger partial charge in [0.15, 0.2) is 4.34 Å². The van der Waals surface area contributed by atoms with Crippen molar-refractivity contribution in [3.8, 4) is 0 Å². The van der Waals surface area contributed by atoms with E-state index in [0.29, 0.717) is 0 Å². The highest BCUT2D eigenvalue weighted by Crippen LogP contribution is 2.26. The molecule has 0 amide bonds. The van der Waals surface area contributed by atoms with Gasteiger partial charge in [-0.25, -0.2) is 4.98 Å². The summed E-state index contributed by atoms with van der Waals surface area (Å²) in [5, 5.41) is 10.0. The van der Waals surface area contributed by atoms with Gasteiger partial charge in [-0.1, -0.05) is 11.8 Å². The molecule has 0 aromatic carbocycles. The summed E-state index contributed by atoms with van der Waals surface area (Å²) in [5.74, 6) is -0.889. The average Bonchev–Trinajstić information content (AvgIpc) is 2.46. The van der Waals surface area contributed by atoms with E-state index in [0.717, 1.165) is 10.0 Å². The predicted molar refractivity (Wildman–Crippen MR) is 53.2 cm³/mol. The van der Waals surface area contributed by atoms with Crippen molar-refractivity contribution in [3.05, 3.63) is 11.1 Å². The molecular formula is C7H10N2O2S2. The van der Waals surface area contributed by atoms with Crippen LogP contribution < -0.4 is 5.73 Å². The molecule has 0 aliphatic heterocycles. The van der Waals surface area contributed by atoms with Crippen molar-refractivity contribution in [2.75, 3.05) is 6.54 Å². The lowest BCUT2D eigenvalue weighted by Gasteiger charge is -2.05. The molecule has 0 saturated carbocycles. The summed E-state index contributed by atoms with van der Waals surface area (Å²) in [7, 11) is 0. The van der Waals surface area contributed by atoms with Gasteiger partial charge in [0.25, 0.3) is 0 Å². The van der Waals surface area contributed by atoms with E-state index < -0.39 is 11.2 Å². The van der Waals surface area contributed by atoms with E-state index in [9.17, 15) is 4.79 Å². The van der Waals surface area contributed by atoms with E-state index in [4.69, 9.17) is 10.8 Å². The van der Waals surface area contributed by atoms with Crippen molar-refractivity contribution >= 4 is 29.1 Å². The lowest BCUT2D eigenvalue weighted by atomic mass is 10.4. The Morgan fingerprint density at radius 1 is 1.92 bits per heavy atom. The number of carboxylic acid groups (broad SMARTS) is 1. The van der Waals surface area contributed by atoms with E-state index in [1.54, 1.807) is 0 Å². The normalized spacial score (nSPS) is 12.8. The molecule has 4 nitrogen and oxygen atoms in total. The zero-order valence-electron chi connectivity index (χ0n) is 7.06. The van der Waals surface area contributed by atoms with E-state index in [1.165, 1.54) is 23.1 Å². The number of hydrogen-bond donors (Lipinski definition) is 2. The van der Waals surface area contributed by atoms with Crippen molar-refractivity contribution in [2.24, 2.45) is 5.73 Å². The topological polar surface area (TPSA) is 76.2 Å². The fourth-order valence-corrected chi connectivity index (χ4v) is 2.58. The smallest absolute Gasteiger partial charge is 0.318 e. The van der Waals surface area contributed by atoms with Crippen LogP contribution >= 0.6 is 23.1 Å². The lowest BCUT2D eigenvalue weighted by Crippen LogP contribution is -2.25. The van der Waals surface area contributed by atoms with Gasteiger partial charge in [-0.3, -0.25) is 4.79 Å². The van der Waals surface area contributed by atoms with Crippen molar-refractivity contribution in [1.82, 2.24) is 4.98 Å². The third kappa shape index (κ3) is 2.98. The number of aromatic nitrogens is 1. The molecule has 0 aliphatic rings. The second-order valence-electron chi connectivity index (χ2n) is 2.44. The first kappa shape index (κ1) is 10.5. The zero-order chi connectivity index (χ0) is 9.84. The first-order valence-electron chi connectivity index (χ1n) is 3.65. The number of thioether (sulfide) groups is 1. The Labute approximate surface area is 84.2 Å². The minimum atomic E-state index is -0.889. The van der Waals surface area contributed by atoms with Gasteiger partial charge in [0.1, 0.15) is 5.25 Å². The second kappa shape index (κ2) is 4.59. The SMILES string of the molecule is Cc1csc(SC(CN)C(=O)O)n1. The number of thiazole rings is 1. The molecule has 72 valence electrons. The van der Waals surface area contributed by atoms with Gasteiger partial charge in [0, 0.05) is 17.6 Å². The van der Waals surface area contributed by atoms with Crippen LogP contribution in [0, 0.1) is 6.92 Å². The highest BCUT2D eigenvalue weighted by atomic mass is 32.2. The Balaban J connectivity index is 2.61. The monoisotopic (exact) mass is 218 g/mol. The van der Waals surface area contributed by atoms with E-state index >= 15 is 0 Å². The predicted octanol–water partition coefficient (Wildman–Crippen LogP) is 0.956. The van der Waals surface area contributed by atoms with Gasteiger partial charge in [-0.2, -0.15) is 0 Å². The molecule has 3 N–H and O–H groups in total. The van der Waals surface area contributed by atoms with Crippen LogP contribution in [0.15, 0.2) is 9.72 Å². The van der Waals surface area contributed by atoms with Crippen LogP contribution in [0.4, 0.5) is 0 Å². The maximum atomic E-state index is 10.6. The molecule has 0 saturated heterocycles. The third-order valence-electron chi connectivity index (χ3n) is 1.33. The third-order valence-corrected chi connectivity index (χ3v) is 3.63. The largest absolute Gasteiger partial charge is 0.480 e. The van der Waals surface area contributed by atoms with Crippen LogP contribution in [0.25, 0.3) is 0 Å². The van der Waals surface area contributed by atoms with Crippen LogP contribution in [-0.2, 0) is 4.79 Å². The highest BCUT2D eigenvalue weighted by Gasteiger charge is 2.18. The number of carbonyl (C=O) groups is 1. The molecule has 1 unspecified atom stereocenters. The zero-order valence-corrected chi connectivity index (χ0v) is 8.69. The maximum absolute atomic E-state index is 10.6. The molecule has 1 rings (SSSR count). The summed E-state index contributed by atoms with van der Waals surface area (Å²) < 4.78 is 0.760. The Hall–Kier alpha value is -0.590. The summed E-state index contributed by atoms with van der Waals surface area (Å²) >= 11 is 2.64. The van der Waals surface area contributed by atoms with Crippen LogP contribution in [0.5, 0.6) is 0 Å². The summed E-state index contributed by atoms with van der Waals surface area (Å²) in [6.45, 7) is 2.00. The van der Waals surface area contributed by atoms with Gasteiger partial charge >= 0.3 is 5.97 Å².